The van der Waals surface area contributed by atoms with Gasteiger partial charge in [-0.15, -0.1) is 0 Å². The Morgan fingerprint density at radius 1 is 1.11 bits per heavy atom. The molecule has 0 spiro atoms. The lowest BCUT2D eigenvalue weighted by Crippen LogP contribution is -2.20. The fourth-order valence-electron chi connectivity index (χ4n) is 1.90. The van der Waals surface area contributed by atoms with Gasteiger partial charge in [0.25, 0.3) is 0 Å². The largest absolute Gasteiger partial charge is 0.311 e. The molecule has 0 amide bonds. The molecule has 0 aliphatic heterocycles. The van der Waals surface area contributed by atoms with Crippen LogP contribution in [0, 0.1) is 18.6 Å². The molecule has 5 heteroatoms. The zero-order valence-corrected chi connectivity index (χ0v) is 10.8. The fraction of sp³-hybridized carbons (Fsp3) is 0.286. The van der Waals surface area contributed by atoms with Gasteiger partial charge in [-0.05, 0) is 38.1 Å². The van der Waals surface area contributed by atoms with Crippen LogP contribution in [0.2, 0.25) is 0 Å². The molecule has 1 aromatic carbocycles. The van der Waals surface area contributed by atoms with Crippen molar-refractivity contribution in [1.82, 2.24) is 15.3 Å². The van der Waals surface area contributed by atoms with Crippen molar-refractivity contribution in [2.45, 2.75) is 19.4 Å². The number of rotatable bonds is 4. The van der Waals surface area contributed by atoms with E-state index in [1.54, 1.807) is 19.4 Å². The standard InChI is InChI=1S/C14H15F2N3/c1-9-7-19-14(8-18-9)13(17-2)5-10-3-11(15)6-12(16)4-10/h3-4,6-8,13,17H,5H2,1-2H3. The molecule has 100 valence electrons. The monoisotopic (exact) mass is 263 g/mol. The number of nitrogens with one attached hydrogen (secondary N) is 1. The van der Waals surface area contributed by atoms with E-state index in [1.807, 2.05) is 6.92 Å². The third-order valence-electron chi connectivity index (χ3n) is 2.87. The highest BCUT2D eigenvalue weighted by atomic mass is 19.1. The van der Waals surface area contributed by atoms with Crippen molar-refractivity contribution in [3.8, 4) is 0 Å². The van der Waals surface area contributed by atoms with Gasteiger partial charge in [-0.2, -0.15) is 0 Å². The van der Waals surface area contributed by atoms with E-state index >= 15 is 0 Å². The quantitative estimate of drug-likeness (QED) is 0.921. The van der Waals surface area contributed by atoms with Gasteiger partial charge < -0.3 is 5.32 Å². The number of hydrogen-bond donors (Lipinski definition) is 1. The molecule has 19 heavy (non-hydrogen) atoms. The number of likely N-dealkylation sites (N-methyl/N-ethyl adjacent to an activating group) is 1. The molecular formula is C14H15F2N3. The zero-order chi connectivity index (χ0) is 13.8. The van der Waals surface area contributed by atoms with Gasteiger partial charge in [-0.3, -0.25) is 9.97 Å². The Bertz CT molecular complexity index is 535. The number of halogens is 2. The maximum Gasteiger partial charge on any atom is 0.126 e. The predicted octanol–water partition coefficient (Wildman–Crippen LogP) is 2.57. The lowest BCUT2D eigenvalue weighted by molar-refractivity contribution is 0.553. The minimum atomic E-state index is -0.570. The molecule has 0 aliphatic carbocycles. The van der Waals surface area contributed by atoms with Gasteiger partial charge in [0.1, 0.15) is 11.6 Å². The van der Waals surface area contributed by atoms with Gasteiger partial charge in [0, 0.05) is 12.3 Å². The Balaban J connectivity index is 2.21. The Kier molecular flexibility index (Phi) is 4.16. The smallest absolute Gasteiger partial charge is 0.126 e. The number of aryl methyl sites for hydroxylation is 1. The molecule has 0 saturated heterocycles. The van der Waals surface area contributed by atoms with Gasteiger partial charge in [-0.25, -0.2) is 8.78 Å². The summed E-state index contributed by atoms with van der Waals surface area (Å²) in [5, 5.41) is 3.08. The first-order chi connectivity index (χ1) is 9.08. The molecular weight excluding hydrogens is 248 g/mol. The average Bonchev–Trinajstić information content (AvgIpc) is 2.36. The summed E-state index contributed by atoms with van der Waals surface area (Å²) in [6.07, 6.45) is 3.79. The lowest BCUT2D eigenvalue weighted by atomic mass is 10.0. The van der Waals surface area contributed by atoms with Crippen molar-refractivity contribution < 1.29 is 8.78 Å². The van der Waals surface area contributed by atoms with Crippen LogP contribution in [-0.2, 0) is 6.42 Å². The van der Waals surface area contributed by atoms with Gasteiger partial charge in [0.05, 0.1) is 23.6 Å². The third-order valence-corrected chi connectivity index (χ3v) is 2.87. The summed E-state index contributed by atoms with van der Waals surface area (Å²) < 4.78 is 26.3. The first kappa shape index (κ1) is 13.5. The van der Waals surface area contributed by atoms with Crippen LogP contribution in [0.1, 0.15) is 23.0 Å². The molecule has 1 aromatic heterocycles. The lowest BCUT2D eigenvalue weighted by Gasteiger charge is -2.15. The number of benzene rings is 1. The van der Waals surface area contributed by atoms with Crippen LogP contribution in [0.4, 0.5) is 8.78 Å². The predicted molar refractivity (Wildman–Crippen MR) is 68.6 cm³/mol. The molecule has 0 bridgehead atoms. The summed E-state index contributed by atoms with van der Waals surface area (Å²) in [5.74, 6) is -1.14. The van der Waals surface area contributed by atoms with Crippen molar-refractivity contribution in [2.75, 3.05) is 7.05 Å². The number of hydrogen-bond acceptors (Lipinski definition) is 3. The first-order valence-electron chi connectivity index (χ1n) is 5.99. The van der Waals surface area contributed by atoms with E-state index in [-0.39, 0.29) is 6.04 Å². The van der Waals surface area contributed by atoms with Crippen molar-refractivity contribution >= 4 is 0 Å². The minimum Gasteiger partial charge on any atom is -0.311 e. The van der Waals surface area contributed by atoms with E-state index in [4.69, 9.17) is 0 Å². The first-order valence-corrected chi connectivity index (χ1v) is 5.99. The second-order valence-corrected chi connectivity index (χ2v) is 4.41. The van der Waals surface area contributed by atoms with Crippen molar-refractivity contribution in [3.63, 3.8) is 0 Å². The van der Waals surface area contributed by atoms with Crippen LogP contribution in [-0.4, -0.2) is 17.0 Å². The van der Waals surface area contributed by atoms with Gasteiger partial charge in [0.15, 0.2) is 0 Å². The highest BCUT2D eigenvalue weighted by Gasteiger charge is 2.13. The SMILES string of the molecule is CNC(Cc1cc(F)cc(F)c1)c1cnc(C)cn1. The van der Waals surface area contributed by atoms with Gasteiger partial charge in [0.2, 0.25) is 0 Å². The molecule has 0 aliphatic rings. The van der Waals surface area contributed by atoms with Gasteiger partial charge in [-0.1, -0.05) is 0 Å². The van der Waals surface area contributed by atoms with Gasteiger partial charge >= 0.3 is 0 Å². The Morgan fingerprint density at radius 3 is 2.32 bits per heavy atom. The Morgan fingerprint density at radius 2 is 1.79 bits per heavy atom. The molecule has 3 nitrogen and oxygen atoms in total. The summed E-state index contributed by atoms with van der Waals surface area (Å²) in [7, 11) is 1.78. The second-order valence-electron chi connectivity index (χ2n) is 4.41. The Labute approximate surface area is 110 Å². The summed E-state index contributed by atoms with van der Waals surface area (Å²) in [5.41, 5.74) is 2.16. The Hall–Kier alpha value is -1.88. The maximum atomic E-state index is 13.1. The van der Waals surface area contributed by atoms with Crippen molar-refractivity contribution in [1.29, 1.82) is 0 Å². The van der Waals surface area contributed by atoms with E-state index in [0.717, 1.165) is 17.5 Å². The highest BCUT2D eigenvalue weighted by molar-refractivity contribution is 5.21. The van der Waals surface area contributed by atoms with Crippen LogP contribution in [0.25, 0.3) is 0 Å². The summed E-state index contributed by atoms with van der Waals surface area (Å²) in [4.78, 5) is 8.45. The molecule has 1 N–H and O–H groups in total. The molecule has 2 rings (SSSR count). The average molecular weight is 263 g/mol. The van der Waals surface area contributed by atoms with Crippen LogP contribution >= 0.6 is 0 Å². The topological polar surface area (TPSA) is 37.8 Å². The molecule has 1 unspecified atom stereocenters. The molecule has 0 radical (unpaired) electrons. The summed E-state index contributed by atoms with van der Waals surface area (Å²) in [6, 6.07) is 3.39. The fourth-order valence-corrected chi connectivity index (χ4v) is 1.90. The van der Waals surface area contributed by atoms with E-state index in [2.05, 4.69) is 15.3 Å². The molecule has 0 saturated carbocycles. The van der Waals surface area contributed by atoms with Crippen LogP contribution in [0.5, 0.6) is 0 Å². The van der Waals surface area contributed by atoms with Crippen LogP contribution in [0.15, 0.2) is 30.6 Å². The van der Waals surface area contributed by atoms with E-state index < -0.39 is 11.6 Å². The molecule has 1 atom stereocenters. The van der Waals surface area contributed by atoms with Crippen LogP contribution < -0.4 is 5.32 Å². The van der Waals surface area contributed by atoms with E-state index in [0.29, 0.717) is 12.0 Å². The minimum absolute atomic E-state index is 0.130. The highest BCUT2D eigenvalue weighted by Crippen LogP contribution is 2.17. The number of aromatic nitrogens is 2. The zero-order valence-electron chi connectivity index (χ0n) is 10.8. The second kappa shape index (κ2) is 5.84. The normalized spacial score (nSPS) is 12.4. The molecule has 2 aromatic rings. The van der Waals surface area contributed by atoms with Crippen molar-refractivity contribution in [3.05, 3.63) is 59.2 Å². The van der Waals surface area contributed by atoms with Crippen LogP contribution in [0.3, 0.4) is 0 Å². The maximum absolute atomic E-state index is 13.1. The third kappa shape index (κ3) is 3.54. The molecule has 1 heterocycles. The molecule has 0 fully saturated rings. The van der Waals surface area contributed by atoms with E-state index in [9.17, 15) is 8.78 Å². The van der Waals surface area contributed by atoms with E-state index in [1.165, 1.54) is 12.1 Å². The summed E-state index contributed by atoms with van der Waals surface area (Å²) >= 11 is 0. The van der Waals surface area contributed by atoms with Crippen molar-refractivity contribution in [2.24, 2.45) is 0 Å². The summed E-state index contributed by atoms with van der Waals surface area (Å²) in [6.45, 7) is 1.85. The number of nitrogens with zero attached hydrogens (tertiary/aromatic N) is 2.